The Bertz CT molecular complexity index is 346. The van der Waals surface area contributed by atoms with E-state index in [1.54, 1.807) is 19.4 Å². The molecule has 2 rings (SSSR count). The van der Waals surface area contributed by atoms with Gasteiger partial charge in [-0.2, -0.15) is 4.98 Å². The molecular weight excluding hydrogens is 206 g/mol. The van der Waals surface area contributed by atoms with Gasteiger partial charge in [0.25, 0.3) is 0 Å². The molecule has 1 heterocycles. The molecule has 0 bridgehead atoms. The Morgan fingerprint density at radius 2 is 2.19 bits per heavy atom. The van der Waals surface area contributed by atoms with E-state index in [1.165, 1.54) is 0 Å². The molecule has 0 saturated heterocycles. The van der Waals surface area contributed by atoms with Crippen LogP contribution in [-0.2, 0) is 4.74 Å². The third-order valence-electron chi connectivity index (χ3n) is 2.85. The molecule has 1 fully saturated rings. The minimum atomic E-state index is 0.174. The fourth-order valence-electron chi connectivity index (χ4n) is 2.02. The molecule has 2 unspecified atom stereocenters. The van der Waals surface area contributed by atoms with Gasteiger partial charge in [0, 0.05) is 25.8 Å². The molecule has 1 aliphatic carbocycles. The maximum Gasteiger partial charge on any atom is 0.223 e. The third kappa shape index (κ3) is 2.82. The maximum atomic E-state index is 5.76. The standard InChI is InChI=1S/C11H17N3O2/c1-15-8-3-2-4-9(7-8)16-10-5-6-13-11(12)14-10/h5-6,8-9H,2-4,7H2,1H3,(H2,12,13,14). The van der Waals surface area contributed by atoms with Crippen molar-refractivity contribution in [3.8, 4) is 5.88 Å². The van der Waals surface area contributed by atoms with Crippen molar-refractivity contribution in [2.24, 2.45) is 0 Å². The van der Waals surface area contributed by atoms with Crippen LogP contribution in [0.2, 0.25) is 0 Å². The summed E-state index contributed by atoms with van der Waals surface area (Å²) in [4.78, 5) is 7.85. The highest BCUT2D eigenvalue weighted by Crippen LogP contribution is 2.24. The molecule has 2 atom stereocenters. The highest BCUT2D eigenvalue weighted by Gasteiger charge is 2.23. The Morgan fingerprint density at radius 1 is 1.38 bits per heavy atom. The van der Waals surface area contributed by atoms with Gasteiger partial charge in [0.2, 0.25) is 11.8 Å². The Labute approximate surface area is 95.0 Å². The van der Waals surface area contributed by atoms with Gasteiger partial charge >= 0.3 is 0 Å². The van der Waals surface area contributed by atoms with Crippen LogP contribution in [0.1, 0.15) is 25.7 Å². The molecule has 0 aromatic carbocycles. The Balaban J connectivity index is 1.94. The SMILES string of the molecule is COC1CCCC(Oc2ccnc(N)n2)C1. The van der Waals surface area contributed by atoms with Crippen LogP contribution >= 0.6 is 0 Å². The first-order valence-electron chi connectivity index (χ1n) is 5.56. The van der Waals surface area contributed by atoms with Crippen molar-refractivity contribution in [2.75, 3.05) is 12.8 Å². The summed E-state index contributed by atoms with van der Waals surface area (Å²) in [6, 6.07) is 1.73. The number of nitrogens with two attached hydrogens (primary N) is 1. The van der Waals surface area contributed by atoms with Gasteiger partial charge in [-0.15, -0.1) is 0 Å². The van der Waals surface area contributed by atoms with Gasteiger partial charge in [0.05, 0.1) is 6.10 Å². The quantitative estimate of drug-likeness (QED) is 0.838. The van der Waals surface area contributed by atoms with Gasteiger partial charge in [0.1, 0.15) is 6.10 Å². The highest BCUT2D eigenvalue weighted by atomic mass is 16.5. The monoisotopic (exact) mass is 223 g/mol. The second-order valence-corrected chi connectivity index (χ2v) is 4.02. The Morgan fingerprint density at radius 3 is 2.94 bits per heavy atom. The van der Waals surface area contributed by atoms with Gasteiger partial charge in [-0.1, -0.05) is 0 Å². The van der Waals surface area contributed by atoms with Crippen LogP contribution in [0.15, 0.2) is 12.3 Å². The van der Waals surface area contributed by atoms with Crippen molar-refractivity contribution in [3.63, 3.8) is 0 Å². The van der Waals surface area contributed by atoms with Crippen molar-refractivity contribution in [1.82, 2.24) is 9.97 Å². The van der Waals surface area contributed by atoms with Gasteiger partial charge in [-0.05, 0) is 19.3 Å². The minimum Gasteiger partial charge on any atom is -0.474 e. The molecule has 1 aromatic heterocycles. The first kappa shape index (κ1) is 11.1. The van der Waals surface area contributed by atoms with Gasteiger partial charge in [-0.25, -0.2) is 4.98 Å². The number of nitrogens with zero attached hydrogens (tertiary/aromatic N) is 2. The van der Waals surface area contributed by atoms with E-state index in [0.29, 0.717) is 12.0 Å². The fraction of sp³-hybridized carbons (Fsp3) is 0.636. The van der Waals surface area contributed by atoms with Crippen LogP contribution in [0.25, 0.3) is 0 Å². The zero-order valence-electron chi connectivity index (χ0n) is 9.43. The number of ether oxygens (including phenoxy) is 2. The second kappa shape index (κ2) is 5.12. The third-order valence-corrected chi connectivity index (χ3v) is 2.85. The van der Waals surface area contributed by atoms with Crippen LogP contribution in [0.3, 0.4) is 0 Å². The van der Waals surface area contributed by atoms with Gasteiger partial charge in [-0.3, -0.25) is 0 Å². The predicted octanol–water partition coefficient (Wildman–Crippen LogP) is 1.40. The summed E-state index contributed by atoms with van der Waals surface area (Å²) in [5.41, 5.74) is 5.49. The van der Waals surface area contributed by atoms with Crippen molar-refractivity contribution >= 4 is 5.95 Å². The summed E-state index contributed by atoms with van der Waals surface area (Å²) < 4.78 is 11.1. The van der Waals surface area contributed by atoms with E-state index in [-0.39, 0.29) is 12.1 Å². The fourth-order valence-corrected chi connectivity index (χ4v) is 2.02. The number of anilines is 1. The number of hydrogen-bond acceptors (Lipinski definition) is 5. The lowest BCUT2D eigenvalue weighted by molar-refractivity contribution is 0.0195. The van der Waals surface area contributed by atoms with Crippen LogP contribution in [-0.4, -0.2) is 29.3 Å². The lowest BCUT2D eigenvalue weighted by Gasteiger charge is -2.28. The smallest absolute Gasteiger partial charge is 0.223 e. The number of methoxy groups -OCH3 is 1. The van der Waals surface area contributed by atoms with Gasteiger partial charge in [0.15, 0.2) is 0 Å². The van der Waals surface area contributed by atoms with E-state index in [9.17, 15) is 0 Å². The molecule has 1 saturated carbocycles. The summed E-state index contributed by atoms with van der Waals surface area (Å²) in [5.74, 6) is 0.797. The molecule has 5 nitrogen and oxygen atoms in total. The van der Waals surface area contributed by atoms with Crippen LogP contribution in [0.4, 0.5) is 5.95 Å². The maximum absolute atomic E-state index is 5.76. The van der Waals surface area contributed by atoms with E-state index >= 15 is 0 Å². The number of rotatable bonds is 3. The summed E-state index contributed by atoms with van der Waals surface area (Å²) in [6.45, 7) is 0. The molecule has 16 heavy (non-hydrogen) atoms. The molecule has 0 aliphatic heterocycles. The second-order valence-electron chi connectivity index (χ2n) is 4.02. The van der Waals surface area contributed by atoms with Crippen molar-refractivity contribution < 1.29 is 9.47 Å². The molecule has 5 heteroatoms. The molecule has 2 N–H and O–H groups in total. The zero-order chi connectivity index (χ0) is 11.4. The van der Waals surface area contributed by atoms with Crippen molar-refractivity contribution in [1.29, 1.82) is 0 Å². The van der Waals surface area contributed by atoms with Crippen molar-refractivity contribution in [3.05, 3.63) is 12.3 Å². The zero-order valence-corrected chi connectivity index (χ0v) is 9.43. The summed E-state index contributed by atoms with van der Waals surface area (Å²) >= 11 is 0. The lowest BCUT2D eigenvalue weighted by atomic mass is 9.95. The van der Waals surface area contributed by atoms with E-state index in [4.69, 9.17) is 15.2 Å². The largest absolute Gasteiger partial charge is 0.474 e. The summed E-state index contributed by atoms with van der Waals surface area (Å²) in [5, 5.41) is 0. The van der Waals surface area contributed by atoms with Crippen molar-refractivity contribution in [2.45, 2.75) is 37.9 Å². The highest BCUT2D eigenvalue weighted by molar-refractivity contribution is 5.20. The van der Waals surface area contributed by atoms with Crippen LogP contribution in [0.5, 0.6) is 5.88 Å². The number of nitrogen functional groups attached to an aromatic ring is 1. The first-order chi connectivity index (χ1) is 7.78. The average molecular weight is 223 g/mol. The lowest BCUT2D eigenvalue weighted by Crippen LogP contribution is -2.29. The van der Waals surface area contributed by atoms with E-state index < -0.39 is 0 Å². The number of hydrogen-bond donors (Lipinski definition) is 1. The molecule has 0 amide bonds. The minimum absolute atomic E-state index is 0.174. The van der Waals surface area contributed by atoms with Gasteiger partial charge < -0.3 is 15.2 Å². The van der Waals surface area contributed by atoms with E-state index in [1.807, 2.05) is 0 Å². The molecule has 0 spiro atoms. The molecule has 0 radical (unpaired) electrons. The molecular formula is C11H17N3O2. The Kier molecular flexibility index (Phi) is 3.56. The van der Waals surface area contributed by atoms with E-state index in [2.05, 4.69) is 9.97 Å². The Hall–Kier alpha value is -1.36. The van der Waals surface area contributed by atoms with Crippen LogP contribution in [0, 0.1) is 0 Å². The van der Waals surface area contributed by atoms with E-state index in [0.717, 1.165) is 25.7 Å². The molecule has 1 aliphatic rings. The van der Waals surface area contributed by atoms with Crippen LogP contribution < -0.4 is 10.5 Å². The molecule has 1 aromatic rings. The summed E-state index contributed by atoms with van der Waals surface area (Å²) in [7, 11) is 1.75. The predicted molar refractivity (Wildman–Crippen MR) is 60.1 cm³/mol. The topological polar surface area (TPSA) is 70.3 Å². The summed E-state index contributed by atoms with van der Waals surface area (Å²) in [6.07, 6.45) is 6.29. The number of aromatic nitrogens is 2. The first-order valence-corrected chi connectivity index (χ1v) is 5.56. The average Bonchev–Trinajstić information content (AvgIpc) is 2.29. The normalized spacial score (nSPS) is 25.3. The molecule has 88 valence electrons.